The van der Waals surface area contributed by atoms with Gasteiger partial charge in [-0.2, -0.15) is 13.2 Å². The number of hydrogen-bond donors (Lipinski definition) is 1. The highest BCUT2D eigenvalue weighted by molar-refractivity contribution is 7.32. The maximum absolute atomic E-state index is 13.1. The van der Waals surface area contributed by atoms with Crippen molar-refractivity contribution in [2.45, 2.75) is 12.8 Å². The van der Waals surface area contributed by atoms with Gasteiger partial charge in [-0.3, -0.25) is 0 Å². The Morgan fingerprint density at radius 3 is 2.50 bits per heavy atom. The Morgan fingerprint density at radius 2 is 2.00 bits per heavy atom. The third-order valence-electron chi connectivity index (χ3n) is 1.74. The fraction of sp³-hybridized carbons (Fsp3) is 0.250. The van der Waals surface area contributed by atoms with Crippen LogP contribution in [0.1, 0.15) is 11.1 Å². The first-order valence-electron chi connectivity index (χ1n) is 3.96. The van der Waals surface area contributed by atoms with Crippen molar-refractivity contribution < 1.29 is 31.5 Å². The molecule has 1 aromatic rings. The van der Waals surface area contributed by atoms with Gasteiger partial charge in [-0.15, -0.1) is 9.42 Å². The molecule has 1 aromatic carbocycles. The van der Waals surface area contributed by atoms with Gasteiger partial charge in [0.15, 0.2) is 0 Å². The van der Waals surface area contributed by atoms with E-state index in [0.717, 1.165) is 12.1 Å². The van der Waals surface area contributed by atoms with Gasteiger partial charge in [0, 0.05) is 10.1 Å². The van der Waals surface area contributed by atoms with Crippen LogP contribution in [-0.2, 0) is 21.9 Å². The van der Waals surface area contributed by atoms with Gasteiger partial charge in [0.05, 0.1) is 5.56 Å². The molecule has 0 bridgehead atoms. The second kappa shape index (κ2) is 4.86. The zero-order valence-corrected chi connectivity index (χ0v) is 8.56. The topological polar surface area (TPSA) is 46.5 Å². The van der Waals surface area contributed by atoms with E-state index in [0.29, 0.717) is 6.07 Å². The first-order chi connectivity index (χ1) is 7.32. The summed E-state index contributed by atoms with van der Waals surface area (Å²) in [7, 11) is -3.07. The molecule has 0 radical (unpaired) electrons. The van der Waals surface area contributed by atoms with Crippen molar-refractivity contribution in [1.29, 1.82) is 0 Å². The fourth-order valence-electron chi connectivity index (χ4n) is 1.09. The minimum Gasteiger partial charge on any atom is -0.207 e. The van der Waals surface area contributed by atoms with Crippen LogP contribution in [-0.4, -0.2) is 4.89 Å². The summed E-state index contributed by atoms with van der Waals surface area (Å²) in [5.74, 6) is -1.13. The molecule has 16 heavy (non-hydrogen) atoms. The molecule has 0 spiro atoms. The molecule has 0 heterocycles. The summed E-state index contributed by atoms with van der Waals surface area (Å²) in [6, 6.07) is 2.39. The molecule has 0 aromatic heterocycles. The molecule has 1 N–H and O–H groups in total. The van der Waals surface area contributed by atoms with Crippen molar-refractivity contribution in [3.05, 3.63) is 35.1 Å². The maximum Gasteiger partial charge on any atom is 0.695 e. The van der Waals surface area contributed by atoms with Crippen LogP contribution in [0, 0.1) is 5.82 Å². The fourth-order valence-corrected chi connectivity index (χ4v) is 1.33. The summed E-state index contributed by atoms with van der Waals surface area (Å²) in [5, 5.41) is 0. The molecule has 0 saturated carbocycles. The SMILES string of the molecule is O=[P+](O)OCc1c(F)cccc1C(F)(F)F. The van der Waals surface area contributed by atoms with Gasteiger partial charge in [-0.05, 0) is 12.1 Å². The standard InChI is InChI=1S/C8H5F4O3P/c9-7-3-1-2-6(8(10,11)12)5(7)4-15-16(13)14/h1-3H,4H2/p+1. The zero-order chi connectivity index (χ0) is 12.3. The molecule has 0 aliphatic rings. The number of rotatable bonds is 3. The normalized spacial score (nSPS) is 12.7. The molecule has 1 atom stereocenters. The second-order valence-electron chi connectivity index (χ2n) is 2.77. The Balaban J connectivity index is 3.09. The second-order valence-corrected chi connectivity index (χ2v) is 3.51. The third kappa shape index (κ3) is 3.23. The molecule has 1 unspecified atom stereocenters. The first kappa shape index (κ1) is 13.0. The van der Waals surface area contributed by atoms with E-state index in [1.54, 1.807) is 0 Å². The van der Waals surface area contributed by atoms with Crippen molar-refractivity contribution >= 4 is 8.25 Å². The van der Waals surface area contributed by atoms with Gasteiger partial charge in [-0.25, -0.2) is 4.39 Å². The highest BCUT2D eigenvalue weighted by Gasteiger charge is 2.35. The smallest absolute Gasteiger partial charge is 0.207 e. The van der Waals surface area contributed by atoms with Gasteiger partial charge in [0.1, 0.15) is 12.4 Å². The van der Waals surface area contributed by atoms with Crippen LogP contribution in [0.2, 0.25) is 0 Å². The molecule has 88 valence electrons. The maximum atomic E-state index is 13.1. The molecule has 0 saturated heterocycles. The summed E-state index contributed by atoms with van der Waals surface area (Å²) < 4.78 is 64.5. The van der Waals surface area contributed by atoms with Gasteiger partial charge < -0.3 is 0 Å². The Morgan fingerprint density at radius 1 is 1.38 bits per heavy atom. The van der Waals surface area contributed by atoms with Gasteiger partial charge in [-0.1, -0.05) is 6.07 Å². The van der Waals surface area contributed by atoms with Crippen LogP contribution in [0.25, 0.3) is 0 Å². The van der Waals surface area contributed by atoms with E-state index in [4.69, 9.17) is 4.89 Å². The van der Waals surface area contributed by atoms with Crippen molar-refractivity contribution in [2.75, 3.05) is 0 Å². The number of halogens is 4. The molecule has 0 amide bonds. The lowest BCUT2D eigenvalue weighted by Crippen LogP contribution is -2.11. The molecule has 3 nitrogen and oxygen atoms in total. The highest BCUT2D eigenvalue weighted by Crippen LogP contribution is 2.34. The molecule has 8 heteroatoms. The van der Waals surface area contributed by atoms with E-state index >= 15 is 0 Å². The van der Waals surface area contributed by atoms with Crippen molar-refractivity contribution in [2.24, 2.45) is 0 Å². The van der Waals surface area contributed by atoms with E-state index in [9.17, 15) is 22.1 Å². The van der Waals surface area contributed by atoms with Gasteiger partial charge in [0.25, 0.3) is 0 Å². The number of hydrogen-bond acceptors (Lipinski definition) is 2. The lowest BCUT2D eigenvalue weighted by molar-refractivity contribution is -0.138. The third-order valence-corrected chi connectivity index (χ3v) is 2.09. The van der Waals surface area contributed by atoms with Gasteiger partial charge >= 0.3 is 14.4 Å². The van der Waals surface area contributed by atoms with E-state index < -0.39 is 38.0 Å². The predicted molar refractivity (Wildman–Crippen MR) is 46.0 cm³/mol. The number of benzene rings is 1. The van der Waals surface area contributed by atoms with Crippen LogP contribution in [0.4, 0.5) is 17.6 Å². The van der Waals surface area contributed by atoms with Crippen molar-refractivity contribution in [3.8, 4) is 0 Å². The lowest BCUT2D eigenvalue weighted by atomic mass is 10.1. The van der Waals surface area contributed by atoms with Crippen LogP contribution in [0.3, 0.4) is 0 Å². The monoisotopic (exact) mass is 257 g/mol. The summed E-state index contributed by atoms with van der Waals surface area (Å²) in [4.78, 5) is 8.28. The molecule has 0 aliphatic heterocycles. The first-order valence-corrected chi connectivity index (χ1v) is 5.09. The van der Waals surface area contributed by atoms with Gasteiger partial charge in [0.2, 0.25) is 0 Å². The van der Waals surface area contributed by atoms with Crippen molar-refractivity contribution in [3.63, 3.8) is 0 Å². The van der Waals surface area contributed by atoms with Crippen LogP contribution >= 0.6 is 8.25 Å². The highest BCUT2D eigenvalue weighted by atomic mass is 31.1. The Labute approximate surface area is 88.6 Å². The predicted octanol–water partition coefficient (Wildman–Crippen LogP) is 3.01. The summed E-state index contributed by atoms with van der Waals surface area (Å²) in [6.45, 7) is -0.910. The summed E-state index contributed by atoms with van der Waals surface area (Å²) in [6.07, 6.45) is -4.73. The summed E-state index contributed by atoms with van der Waals surface area (Å²) in [5.41, 5.74) is -2.00. The van der Waals surface area contributed by atoms with E-state index in [1.807, 2.05) is 0 Å². The Hall–Kier alpha value is -1.04. The van der Waals surface area contributed by atoms with Crippen LogP contribution in [0.5, 0.6) is 0 Å². The molecular formula is C8H6F4O3P+. The molecule has 1 rings (SSSR count). The van der Waals surface area contributed by atoms with Crippen LogP contribution < -0.4 is 0 Å². The Bertz CT molecular complexity index is 405. The van der Waals surface area contributed by atoms with E-state index in [2.05, 4.69) is 4.52 Å². The van der Waals surface area contributed by atoms with E-state index in [1.165, 1.54) is 0 Å². The zero-order valence-electron chi connectivity index (χ0n) is 7.66. The minimum absolute atomic E-state index is 0.673. The Kier molecular flexibility index (Phi) is 3.96. The number of alkyl halides is 3. The molecule has 0 aliphatic carbocycles. The summed E-state index contributed by atoms with van der Waals surface area (Å²) >= 11 is 0. The van der Waals surface area contributed by atoms with E-state index in [-0.39, 0.29) is 0 Å². The largest absolute Gasteiger partial charge is 0.695 e. The lowest BCUT2D eigenvalue weighted by Gasteiger charge is -2.11. The van der Waals surface area contributed by atoms with Crippen molar-refractivity contribution in [1.82, 2.24) is 0 Å². The average molecular weight is 257 g/mol. The molecule has 0 fully saturated rings. The molecular weight excluding hydrogens is 251 g/mol. The average Bonchev–Trinajstić information content (AvgIpc) is 2.13. The van der Waals surface area contributed by atoms with Crippen LogP contribution in [0.15, 0.2) is 18.2 Å². The minimum atomic E-state index is -4.73. The quantitative estimate of drug-likeness (QED) is 0.668.